The van der Waals surface area contributed by atoms with Gasteiger partial charge < -0.3 is 20.5 Å². The number of carbonyl (C=O) groups excluding carboxylic acids is 2. The Morgan fingerprint density at radius 2 is 1.69 bits per heavy atom. The van der Waals surface area contributed by atoms with Gasteiger partial charge in [-0.3, -0.25) is 9.59 Å². The van der Waals surface area contributed by atoms with Crippen molar-refractivity contribution in [2.75, 3.05) is 13.2 Å². The van der Waals surface area contributed by atoms with Gasteiger partial charge in [-0.2, -0.15) is 0 Å². The molecule has 0 bridgehead atoms. The third-order valence-corrected chi connectivity index (χ3v) is 6.39. The average molecular weight is 437 g/mol. The number of amides is 2. The molecule has 0 radical (unpaired) electrons. The van der Waals surface area contributed by atoms with E-state index < -0.39 is 12.1 Å². The smallest absolute Gasteiger partial charge is 0.407 e. The molecule has 2 aliphatic rings. The second-order valence-electron chi connectivity index (χ2n) is 8.52. The number of carboxylic acid groups (broad SMARTS) is 1. The molecule has 168 valence electrons. The van der Waals surface area contributed by atoms with Gasteiger partial charge in [0.05, 0.1) is 5.92 Å². The molecule has 7 nitrogen and oxygen atoms in total. The number of carbonyl (C=O) groups is 3. The molecule has 0 aliphatic heterocycles. The highest BCUT2D eigenvalue weighted by atomic mass is 16.5. The third kappa shape index (κ3) is 4.77. The van der Waals surface area contributed by atoms with E-state index in [-0.39, 0.29) is 42.7 Å². The number of hydrogen-bond donors (Lipinski definition) is 3. The van der Waals surface area contributed by atoms with Gasteiger partial charge in [0.1, 0.15) is 6.61 Å². The Kier molecular flexibility index (Phi) is 6.44. The van der Waals surface area contributed by atoms with Gasteiger partial charge in [-0.1, -0.05) is 55.5 Å². The number of benzene rings is 2. The summed E-state index contributed by atoms with van der Waals surface area (Å²) in [7, 11) is 0. The Balaban J connectivity index is 1.27. The van der Waals surface area contributed by atoms with Gasteiger partial charge in [0.2, 0.25) is 5.91 Å². The Morgan fingerprint density at radius 1 is 1.06 bits per heavy atom. The van der Waals surface area contributed by atoms with Crippen molar-refractivity contribution in [2.24, 2.45) is 11.8 Å². The molecule has 0 spiro atoms. The van der Waals surface area contributed by atoms with E-state index in [1.54, 1.807) is 0 Å². The van der Waals surface area contributed by atoms with E-state index in [9.17, 15) is 14.4 Å². The van der Waals surface area contributed by atoms with Gasteiger partial charge >= 0.3 is 12.1 Å². The van der Waals surface area contributed by atoms with E-state index in [0.717, 1.165) is 11.1 Å². The maximum atomic E-state index is 12.4. The van der Waals surface area contributed by atoms with Crippen LogP contribution in [0.15, 0.2) is 48.5 Å². The first-order valence-corrected chi connectivity index (χ1v) is 11.1. The number of rotatable bonds is 9. The lowest BCUT2D eigenvalue weighted by Gasteiger charge is -2.19. The van der Waals surface area contributed by atoms with Crippen LogP contribution in [0.5, 0.6) is 0 Å². The first-order valence-electron chi connectivity index (χ1n) is 11.1. The first kappa shape index (κ1) is 21.9. The molecule has 2 aromatic carbocycles. The standard InChI is InChI=1S/C25H28N2O5/c1-2-16(12-23(28)26-13-15-11-21(15)24(29)30)27-25(31)32-14-22-19-9-5-3-7-17(19)18-8-4-6-10-20(18)22/h3-10,15-16,21-22H,2,11-14H2,1H3,(H,26,28)(H,27,31)(H,29,30)/t15-,16-,21-/m0/s1. The molecule has 3 N–H and O–H groups in total. The van der Waals surface area contributed by atoms with Crippen molar-refractivity contribution in [1.29, 1.82) is 0 Å². The summed E-state index contributed by atoms with van der Waals surface area (Å²) in [5.74, 6) is -1.38. The monoisotopic (exact) mass is 436 g/mol. The van der Waals surface area contributed by atoms with Crippen molar-refractivity contribution in [2.45, 2.75) is 38.1 Å². The largest absolute Gasteiger partial charge is 0.481 e. The Bertz CT molecular complexity index is 975. The Hall–Kier alpha value is -3.35. The van der Waals surface area contributed by atoms with Crippen LogP contribution in [0, 0.1) is 11.8 Å². The summed E-state index contributed by atoms with van der Waals surface area (Å²) >= 11 is 0. The lowest BCUT2D eigenvalue weighted by atomic mass is 9.98. The van der Waals surface area contributed by atoms with Gasteiger partial charge in [0.25, 0.3) is 0 Å². The van der Waals surface area contributed by atoms with Gasteiger partial charge in [-0.05, 0) is 41.0 Å². The van der Waals surface area contributed by atoms with Crippen molar-refractivity contribution in [1.82, 2.24) is 10.6 Å². The van der Waals surface area contributed by atoms with E-state index in [0.29, 0.717) is 19.4 Å². The molecule has 32 heavy (non-hydrogen) atoms. The molecule has 7 heteroatoms. The first-order chi connectivity index (χ1) is 15.5. The Labute approximate surface area is 187 Å². The van der Waals surface area contributed by atoms with Crippen molar-refractivity contribution < 1.29 is 24.2 Å². The second-order valence-corrected chi connectivity index (χ2v) is 8.52. The number of nitrogens with one attached hydrogen (secondary N) is 2. The number of hydrogen-bond acceptors (Lipinski definition) is 4. The number of alkyl carbamates (subject to hydrolysis) is 1. The van der Waals surface area contributed by atoms with Crippen molar-refractivity contribution >= 4 is 18.0 Å². The van der Waals surface area contributed by atoms with Crippen LogP contribution < -0.4 is 10.6 Å². The maximum absolute atomic E-state index is 12.4. The van der Waals surface area contributed by atoms with E-state index in [1.165, 1.54) is 11.1 Å². The molecule has 2 aliphatic carbocycles. The van der Waals surface area contributed by atoms with E-state index in [4.69, 9.17) is 9.84 Å². The van der Waals surface area contributed by atoms with E-state index in [2.05, 4.69) is 34.9 Å². The topological polar surface area (TPSA) is 105 Å². The summed E-state index contributed by atoms with van der Waals surface area (Å²) < 4.78 is 5.56. The minimum absolute atomic E-state index is 0.00613. The summed E-state index contributed by atoms with van der Waals surface area (Å²) in [6, 6.07) is 15.9. The number of ether oxygens (including phenoxy) is 1. The molecular formula is C25H28N2O5. The normalized spacial score (nSPS) is 19.4. The molecule has 0 unspecified atom stereocenters. The molecule has 1 saturated carbocycles. The minimum Gasteiger partial charge on any atom is -0.481 e. The summed E-state index contributed by atoms with van der Waals surface area (Å²) in [6.07, 6.45) is 0.772. The van der Waals surface area contributed by atoms with Crippen LogP contribution in [0.2, 0.25) is 0 Å². The van der Waals surface area contributed by atoms with Crippen LogP contribution in [-0.4, -0.2) is 42.3 Å². The fourth-order valence-corrected chi connectivity index (χ4v) is 4.42. The molecule has 2 aromatic rings. The lowest BCUT2D eigenvalue weighted by molar-refractivity contribution is -0.139. The predicted molar refractivity (Wildman–Crippen MR) is 119 cm³/mol. The molecule has 2 amide bonds. The van der Waals surface area contributed by atoms with Gasteiger partial charge in [0.15, 0.2) is 0 Å². The van der Waals surface area contributed by atoms with Crippen LogP contribution in [0.4, 0.5) is 4.79 Å². The molecule has 1 fully saturated rings. The Morgan fingerprint density at radius 3 is 2.25 bits per heavy atom. The van der Waals surface area contributed by atoms with Crippen molar-refractivity contribution in [3.63, 3.8) is 0 Å². The predicted octanol–water partition coefficient (Wildman–Crippen LogP) is 3.53. The minimum atomic E-state index is -0.812. The number of carboxylic acids is 1. The van der Waals surface area contributed by atoms with Crippen LogP contribution in [0.1, 0.15) is 43.2 Å². The van der Waals surface area contributed by atoms with Crippen LogP contribution in [0.25, 0.3) is 11.1 Å². The molecule has 0 heterocycles. The van der Waals surface area contributed by atoms with E-state index in [1.807, 2.05) is 31.2 Å². The maximum Gasteiger partial charge on any atom is 0.407 e. The van der Waals surface area contributed by atoms with Gasteiger partial charge in [0, 0.05) is 24.9 Å². The van der Waals surface area contributed by atoms with Crippen LogP contribution >= 0.6 is 0 Å². The number of fused-ring (bicyclic) bond motifs is 3. The highest BCUT2D eigenvalue weighted by molar-refractivity contribution is 5.80. The summed E-state index contributed by atoms with van der Waals surface area (Å²) in [5, 5.41) is 14.5. The fourth-order valence-electron chi connectivity index (χ4n) is 4.42. The van der Waals surface area contributed by atoms with Crippen LogP contribution in [0.3, 0.4) is 0 Å². The molecule has 0 aromatic heterocycles. The average Bonchev–Trinajstić information content (AvgIpc) is 3.51. The SMILES string of the molecule is CC[C@@H](CC(=O)NC[C@@H]1C[C@@H]1C(=O)O)NC(=O)OCC1c2ccccc2-c2ccccc21. The highest BCUT2D eigenvalue weighted by Gasteiger charge is 2.43. The van der Waals surface area contributed by atoms with Gasteiger partial charge in [-0.25, -0.2) is 4.79 Å². The molecular weight excluding hydrogens is 408 g/mol. The van der Waals surface area contributed by atoms with E-state index >= 15 is 0 Å². The second kappa shape index (κ2) is 9.42. The fraction of sp³-hybridized carbons (Fsp3) is 0.400. The quantitative estimate of drug-likeness (QED) is 0.558. The molecule has 3 atom stereocenters. The van der Waals surface area contributed by atoms with Gasteiger partial charge in [-0.15, -0.1) is 0 Å². The zero-order valence-electron chi connectivity index (χ0n) is 18.0. The molecule has 0 saturated heterocycles. The number of aliphatic carboxylic acids is 1. The molecule has 4 rings (SSSR count). The highest BCUT2D eigenvalue weighted by Crippen LogP contribution is 2.44. The summed E-state index contributed by atoms with van der Waals surface area (Å²) in [6.45, 7) is 2.47. The zero-order chi connectivity index (χ0) is 22.7. The van der Waals surface area contributed by atoms with Crippen LogP contribution in [-0.2, 0) is 14.3 Å². The third-order valence-electron chi connectivity index (χ3n) is 6.39. The van der Waals surface area contributed by atoms with Crippen molar-refractivity contribution in [3.05, 3.63) is 59.7 Å². The van der Waals surface area contributed by atoms with Crippen molar-refractivity contribution in [3.8, 4) is 11.1 Å². The lowest BCUT2D eigenvalue weighted by Crippen LogP contribution is -2.40. The zero-order valence-corrected chi connectivity index (χ0v) is 18.0. The summed E-state index contributed by atoms with van der Waals surface area (Å²) in [5.41, 5.74) is 4.63. The summed E-state index contributed by atoms with van der Waals surface area (Å²) in [4.78, 5) is 35.5.